The molecule has 0 amide bonds. The van der Waals surface area contributed by atoms with Crippen LogP contribution in [0.25, 0.3) is 72.0 Å². The summed E-state index contributed by atoms with van der Waals surface area (Å²) < 4.78 is 2.43. The Hall–Kier alpha value is -7.62. The van der Waals surface area contributed by atoms with Gasteiger partial charge in [-0.3, -0.25) is 0 Å². The number of anilines is 6. The summed E-state index contributed by atoms with van der Waals surface area (Å²) in [4.78, 5) is 4.92. The van der Waals surface area contributed by atoms with Crippen molar-refractivity contribution >= 4 is 55.9 Å². The molecule has 0 aliphatic carbocycles. The molecule has 0 unspecified atom stereocenters. The van der Waals surface area contributed by atoms with E-state index in [-0.39, 0.29) is 0 Å². The second-order valence-corrected chi connectivity index (χ2v) is 15.4. The van der Waals surface area contributed by atoms with Gasteiger partial charge in [0, 0.05) is 50.1 Å². The van der Waals surface area contributed by atoms with Crippen molar-refractivity contribution < 1.29 is 0 Å². The maximum atomic E-state index is 2.46. The van der Waals surface area contributed by atoms with Gasteiger partial charge >= 0.3 is 0 Å². The van der Waals surface area contributed by atoms with Gasteiger partial charge in [-0.15, -0.1) is 0 Å². The number of aromatic nitrogens is 1. The highest BCUT2D eigenvalue weighted by atomic mass is 15.2. The Bertz CT molecular complexity index is 2930. The Morgan fingerprint density at radius 3 is 0.914 bits per heavy atom. The zero-order valence-electron chi connectivity index (χ0n) is 32.0. The van der Waals surface area contributed by atoms with E-state index in [1.165, 1.54) is 94.6 Å². The van der Waals surface area contributed by atoms with Crippen LogP contribution in [0.4, 0.5) is 34.1 Å². The molecule has 0 saturated heterocycles. The SMILES string of the molecule is Cc1ccc(-n2c3ccc(N4c5ccccc5-c5ccccc5-c5ccccc54)cc3c3cc(N4c5ccccc5-c5ccccc5-c5ccccc54)ccc32)cc1. The van der Waals surface area contributed by atoms with E-state index < -0.39 is 0 Å². The molecule has 0 fully saturated rings. The summed E-state index contributed by atoms with van der Waals surface area (Å²) in [5, 5.41) is 2.40. The van der Waals surface area contributed by atoms with Crippen LogP contribution < -0.4 is 9.80 Å². The Labute approximate surface area is 337 Å². The molecule has 3 heteroatoms. The molecule has 58 heavy (non-hydrogen) atoms. The van der Waals surface area contributed by atoms with Crippen molar-refractivity contribution in [2.75, 3.05) is 9.80 Å². The zero-order valence-corrected chi connectivity index (χ0v) is 32.0. The summed E-state index contributed by atoms with van der Waals surface area (Å²) in [6.07, 6.45) is 0. The second kappa shape index (κ2) is 12.7. The minimum atomic E-state index is 1.12. The van der Waals surface area contributed by atoms with Crippen molar-refractivity contribution in [2.45, 2.75) is 6.92 Å². The fourth-order valence-corrected chi connectivity index (χ4v) is 9.56. The smallest absolute Gasteiger partial charge is 0.0542 e. The first kappa shape index (κ1) is 32.6. The van der Waals surface area contributed by atoms with Gasteiger partial charge < -0.3 is 14.4 Å². The summed E-state index contributed by atoms with van der Waals surface area (Å²) in [6.45, 7) is 2.15. The fraction of sp³-hybridized carbons (Fsp3) is 0.0182. The molecule has 3 nitrogen and oxygen atoms in total. The van der Waals surface area contributed by atoms with Crippen LogP contribution in [0, 0.1) is 6.92 Å². The van der Waals surface area contributed by atoms with E-state index in [0.717, 1.165) is 17.1 Å². The maximum absolute atomic E-state index is 2.46. The Kier molecular flexibility index (Phi) is 7.14. The number of hydrogen-bond donors (Lipinski definition) is 0. The first-order valence-corrected chi connectivity index (χ1v) is 20.0. The highest BCUT2D eigenvalue weighted by Gasteiger charge is 2.28. The van der Waals surface area contributed by atoms with Gasteiger partial charge in [-0.25, -0.2) is 0 Å². The van der Waals surface area contributed by atoms with E-state index in [1.807, 2.05) is 0 Å². The van der Waals surface area contributed by atoms with Crippen molar-refractivity contribution in [1.82, 2.24) is 4.57 Å². The van der Waals surface area contributed by atoms with Crippen LogP contribution in [0.5, 0.6) is 0 Å². The van der Waals surface area contributed by atoms with E-state index in [2.05, 4.69) is 228 Å². The number of fused-ring (bicyclic) bond motifs is 13. The van der Waals surface area contributed by atoms with Gasteiger partial charge in [0.2, 0.25) is 0 Å². The van der Waals surface area contributed by atoms with E-state index in [9.17, 15) is 0 Å². The van der Waals surface area contributed by atoms with Gasteiger partial charge in [0.1, 0.15) is 0 Å². The zero-order chi connectivity index (χ0) is 38.3. The molecule has 0 saturated carbocycles. The van der Waals surface area contributed by atoms with Crippen LogP contribution in [0.15, 0.2) is 206 Å². The highest BCUT2D eigenvalue weighted by Crippen LogP contribution is 2.53. The average Bonchev–Trinajstić information content (AvgIpc) is 3.46. The Morgan fingerprint density at radius 2 is 0.569 bits per heavy atom. The van der Waals surface area contributed by atoms with Crippen LogP contribution in [-0.2, 0) is 0 Å². The third-order valence-electron chi connectivity index (χ3n) is 12.1. The number of benzene rings is 9. The van der Waals surface area contributed by atoms with Crippen LogP contribution in [0.1, 0.15) is 5.56 Å². The molecule has 12 rings (SSSR count). The van der Waals surface area contributed by atoms with Crippen LogP contribution in [0.2, 0.25) is 0 Å². The second-order valence-electron chi connectivity index (χ2n) is 15.4. The molecule has 0 radical (unpaired) electrons. The molecule has 0 spiro atoms. The normalized spacial score (nSPS) is 12.5. The Balaban J connectivity index is 1.13. The van der Waals surface area contributed by atoms with Gasteiger partial charge in [0.05, 0.1) is 33.8 Å². The molecule has 0 bridgehead atoms. The summed E-state index contributed by atoms with van der Waals surface area (Å²) >= 11 is 0. The lowest BCUT2D eigenvalue weighted by molar-refractivity contribution is 1.17. The summed E-state index contributed by atoms with van der Waals surface area (Å²) in [6, 6.07) is 75.9. The number of para-hydroxylation sites is 4. The molecule has 272 valence electrons. The fourth-order valence-electron chi connectivity index (χ4n) is 9.56. The van der Waals surface area contributed by atoms with Gasteiger partial charge in [-0.1, -0.05) is 139 Å². The van der Waals surface area contributed by atoms with Crippen molar-refractivity contribution in [2.24, 2.45) is 0 Å². The quantitative estimate of drug-likeness (QED) is 0.179. The standard InChI is InChI=1S/C55H37N3/c1-36-26-28-37(29-27-36)56-54-32-30-38(57-50-22-10-6-18-44(50)40-14-2-3-15-41(40)45-19-7-11-23-51(45)57)34-48(54)49-35-39(31-33-55(49)56)58-52-24-12-8-20-46(52)42-16-4-5-17-43(42)47-21-9-13-25-53(47)58/h2-35H,1H3. The van der Waals surface area contributed by atoms with Crippen molar-refractivity contribution in [3.05, 3.63) is 212 Å². The first-order chi connectivity index (χ1) is 28.7. The van der Waals surface area contributed by atoms with Gasteiger partial charge in [-0.2, -0.15) is 0 Å². The van der Waals surface area contributed by atoms with Gasteiger partial charge in [0.25, 0.3) is 0 Å². The number of rotatable bonds is 3. The number of aryl methyl sites for hydroxylation is 1. The third kappa shape index (κ3) is 4.80. The highest BCUT2D eigenvalue weighted by molar-refractivity contribution is 6.13. The van der Waals surface area contributed by atoms with Gasteiger partial charge in [-0.05, 0) is 102 Å². The molecule has 2 aliphatic heterocycles. The van der Waals surface area contributed by atoms with Gasteiger partial charge in [0.15, 0.2) is 0 Å². The topological polar surface area (TPSA) is 11.4 Å². The lowest BCUT2D eigenvalue weighted by Gasteiger charge is -2.27. The maximum Gasteiger partial charge on any atom is 0.0542 e. The van der Waals surface area contributed by atoms with E-state index in [4.69, 9.17) is 0 Å². The first-order valence-electron chi connectivity index (χ1n) is 20.0. The van der Waals surface area contributed by atoms with Crippen molar-refractivity contribution in [3.63, 3.8) is 0 Å². The monoisotopic (exact) mass is 739 g/mol. The summed E-state index contributed by atoms with van der Waals surface area (Å²) in [5.74, 6) is 0. The number of nitrogens with zero attached hydrogens (tertiary/aromatic N) is 3. The predicted molar refractivity (Wildman–Crippen MR) is 244 cm³/mol. The lowest BCUT2D eigenvalue weighted by atomic mass is 9.95. The molecule has 2 aliphatic rings. The van der Waals surface area contributed by atoms with E-state index in [0.29, 0.717) is 0 Å². The predicted octanol–water partition coefficient (Wildman–Crippen LogP) is 15.3. The van der Waals surface area contributed by atoms with Crippen LogP contribution >= 0.6 is 0 Å². The molecule has 10 aromatic rings. The third-order valence-corrected chi connectivity index (χ3v) is 12.1. The van der Waals surface area contributed by atoms with Crippen molar-refractivity contribution in [1.29, 1.82) is 0 Å². The van der Waals surface area contributed by atoms with E-state index in [1.54, 1.807) is 0 Å². The summed E-state index contributed by atoms with van der Waals surface area (Å²) in [5.41, 5.74) is 21.5. The minimum Gasteiger partial charge on any atom is -0.309 e. The molecule has 3 heterocycles. The minimum absolute atomic E-state index is 1.12. The van der Waals surface area contributed by atoms with Crippen LogP contribution in [-0.4, -0.2) is 4.57 Å². The molecular formula is C55H37N3. The Morgan fingerprint density at radius 1 is 0.276 bits per heavy atom. The number of hydrogen-bond acceptors (Lipinski definition) is 2. The molecular weight excluding hydrogens is 703 g/mol. The lowest BCUT2D eigenvalue weighted by Crippen LogP contribution is -2.11. The largest absolute Gasteiger partial charge is 0.309 e. The van der Waals surface area contributed by atoms with Crippen LogP contribution in [0.3, 0.4) is 0 Å². The molecule has 9 aromatic carbocycles. The average molecular weight is 740 g/mol. The summed E-state index contributed by atoms with van der Waals surface area (Å²) in [7, 11) is 0. The molecule has 1 aromatic heterocycles. The molecule has 0 N–H and O–H groups in total. The molecule has 0 atom stereocenters. The van der Waals surface area contributed by atoms with E-state index >= 15 is 0 Å². The van der Waals surface area contributed by atoms with Crippen molar-refractivity contribution in [3.8, 4) is 50.2 Å².